The third kappa shape index (κ3) is 8.69. The molecule has 0 radical (unpaired) electrons. The molecule has 0 unspecified atom stereocenters. The summed E-state index contributed by atoms with van der Waals surface area (Å²) in [6, 6.07) is 76.4. The summed E-state index contributed by atoms with van der Waals surface area (Å²) in [5.41, 5.74) is 13.4. The normalized spacial score (nSPS) is 11.9. The zero-order chi connectivity index (χ0) is 50.2. The highest BCUT2D eigenvalue weighted by atomic mass is 16.3. The van der Waals surface area contributed by atoms with Gasteiger partial charge in [0.25, 0.3) is 0 Å². The third-order valence-electron chi connectivity index (χ3n) is 15.0. The maximum atomic E-state index is 10.2. The zero-order valence-corrected chi connectivity index (χ0v) is 40.2. The van der Waals surface area contributed by atoms with E-state index < -0.39 is 16.2 Å². The molecule has 10 aromatic carbocycles. The SMILES string of the molecule is CC(c1ccc(O)cc1)(c1ccc(O)cc1)c1ccc(-c2cc(-c3ccc(C(C)(c4ccc(O)cc4)c4ccc(O)cc4)cc3)cc(-c3ccc(C(C)(c4ccc(O)cc4)c4ccc(O)cc4)cc3)c2)cc1. The van der Waals surface area contributed by atoms with E-state index in [1.807, 2.05) is 72.8 Å². The van der Waals surface area contributed by atoms with Gasteiger partial charge in [0.1, 0.15) is 34.5 Å². The largest absolute Gasteiger partial charge is 0.508 e. The average molecular weight is 943 g/mol. The van der Waals surface area contributed by atoms with Crippen LogP contribution >= 0.6 is 0 Å². The molecule has 0 heterocycles. The van der Waals surface area contributed by atoms with Gasteiger partial charge in [-0.3, -0.25) is 0 Å². The van der Waals surface area contributed by atoms with E-state index in [0.717, 1.165) is 83.5 Å². The summed E-state index contributed by atoms with van der Waals surface area (Å²) >= 11 is 0. The second-order valence-electron chi connectivity index (χ2n) is 19.2. The fourth-order valence-electron chi connectivity index (χ4n) is 10.4. The highest BCUT2D eigenvalue weighted by Crippen LogP contribution is 2.45. The Morgan fingerprint density at radius 3 is 0.444 bits per heavy atom. The topological polar surface area (TPSA) is 121 Å². The summed E-state index contributed by atoms with van der Waals surface area (Å²) in [4.78, 5) is 0. The predicted octanol–water partition coefficient (Wildman–Crippen LogP) is 15.0. The van der Waals surface area contributed by atoms with Crippen LogP contribution < -0.4 is 0 Å². The molecule has 0 saturated heterocycles. The van der Waals surface area contributed by atoms with Gasteiger partial charge in [-0.15, -0.1) is 0 Å². The summed E-state index contributed by atoms with van der Waals surface area (Å²) in [6.45, 7) is 6.49. The molecule has 0 aliphatic carbocycles. The Bertz CT molecular complexity index is 2950. The Labute approximate surface area is 420 Å². The molecule has 6 heteroatoms. The molecule has 0 aromatic heterocycles. The first-order valence-corrected chi connectivity index (χ1v) is 24.0. The lowest BCUT2D eigenvalue weighted by atomic mass is 9.70. The molecule has 0 saturated carbocycles. The summed E-state index contributed by atoms with van der Waals surface area (Å²) in [5, 5.41) is 61.4. The van der Waals surface area contributed by atoms with Crippen LogP contribution in [0.2, 0.25) is 0 Å². The maximum absolute atomic E-state index is 10.2. The first kappa shape index (κ1) is 46.7. The number of hydrogen-bond donors (Lipinski definition) is 6. The van der Waals surface area contributed by atoms with Crippen LogP contribution in [0.4, 0.5) is 0 Å². The Morgan fingerprint density at radius 1 is 0.181 bits per heavy atom. The fourth-order valence-corrected chi connectivity index (χ4v) is 10.4. The van der Waals surface area contributed by atoms with Crippen LogP contribution in [0.1, 0.15) is 70.8 Å². The second kappa shape index (κ2) is 18.7. The molecule has 0 aliphatic heterocycles. The molecule has 0 atom stereocenters. The van der Waals surface area contributed by atoms with Gasteiger partial charge < -0.3 is 30.6 Å². The van der Waals surface area contributed by atoms with Crippen LogP contribution in [-0.2, 0) is 16.2 Å². The van der Waals surface area contributed by atoms with Crippen molar-refractivity contribution >= 4 is 0 Å². The molecular weight excluding hydrogens is 889 g/mol. The van der Waals surface area contributed by atoms with Crippen molar-refractivity contribution in [3.63, 3.8) is 0 Å². The molecule has 72 heavy (non-hydrogen) atoms. The van der Waals surface area contributed by atoms with E-state index in [2.05, 4.69) is 112 Å². The monoisotopic (exact) mass is 942 g/mol. The van der Waals surface area contributed by atoms with E-state index in [9.17, 15) is 30.6 Å². The lowest BCUT2D eigenvalue weighted by Crippen LogP contribution is -2.25. The van der Waals surface area contributed by atoms with Crippen molar-refractivity contribution in [3.05, 3.63) is 287 Å². The van der Waals surface area contributed by atoms with Gasteiger partial charge in [-0.2, -0.15) is 0 Å². The van der Waals surface area contributed by atoms with Crippen molar-refractivity contribution in [2.75, 3.05) is 0 Å². The van der Waals surface area contributed by atoms with Crippen LogP contribution in [0.3, 0.4) is 0 Å². The summed E-state index contributed by atoms with van der Waals surface area (Å²) in [6.07, 6.45) is 0. The average Bonchev–Trinajstić information content (AvgIpc) is 3.41. The van der Waals surface area contributed by atoms with Gasteiger partial charge in [-0.1, -0.05) is 146 Å². The number of aromatic hydroxyl groups is 6. The van der Waals surface area contributed by atoms with Crippen LogP contribution in [0, 0.1) is 0 Å². The molecule has 0 aliphatic rings. The zero-order valence-electron chi connectivity index (χ0n) is 40.2. The first-order chi connectivity index (χ1) is 34.7. The van der Waals surface area contributed by atoms with Crippen molar-refractivity contribution < 1.29 is 30.6 Å². The number of phenols is 6. The second-order valence-corrected chi connectivity index (χ2v) is 19.2. The minimum Gasteiger partial charge on any atom is -0.508 e. The summed E-state index contributed by atoms with van der Waals surface area (Å²) in [5.74, 6) is 1.14. The van der Waals surface area contributed by atoms with Crippen molar-refractivity contribution in [2.24, 2.45) is 0 Å². The van der Waals surface area contributed by atoms with E-state index in [1.165, 1.54) is 0 Å². The number of phenolic OH excluding ortho intramolecular Hbond substituents is 6. The van der Waals surface area contributed by atoms with Crippen molar-refractivity contribution in [2.45, 2.75) is 37.0 Å². The molecule has 10 rings (SSSR count). The standard InChI is InChI=1S/C66H54O6/c1-64(52-16-28-58(67)29-17-52,53-18-30-59(68)31-19-53)49-10-4-43(5-11-49)46-40-47(44-6-12-50(13-7-44)65(2,54-20-32-60(69)33-21-54)55-22-34-61(70)35-23-55)42-48(41-46)45-8-14-51(15-9-45)66(3,56-24-36-62(71)37-25-56)57-26-38-63(72)39-27-57/h4-42,67-72H,1-3H3. The van der Waals surface area contributed by atoms with Gasteiger partial charge in [0.15, 0.2) is 0 Å². The lowest BCUT2D eigenvalue weighted by molar-refractivity contribution is 0.473. The molecule has 354 valence electrons. The molecule has 6 nitrogen and oxygen atoms in total. The minimum atomic E-state index is -0.611. The van der Waals surface area contributed by atoms with Crippen LogP contribution in [-0.4, -0.2) is 30.6 Å². The molecule has 0 bridgehead atoms. The predicted molar refractivity (Wildman–Crippen MR) is 288 cm³/mol. The van der Waals surface area contributed by atoms with Gasteiger partial charge >= 0.3 is 0 Å². The van der Waals surface area contributed by atoms with E-state index in [0.29, 0.717) is 0 Å². The molecule has 0 fully saturated rings. The van der Waals surface area contributed by atoms with Gasteiger partial charge in [0.2, 0.25) is 0 Å². The third-order valence-corrected chi connectivity index (χ3v) is 15.0. The van der Waals surface area contributed by atoms with E-state index in [-0.39, 0.29) is 34.5 Å². The quantitative estimate of drug-likeness (QED) is 0.0679. The van der Waals surface area contributed by atoms with Crippen LogP contribution in [0.5, 0.6) is 34.5 Å². The lowest BCUT2D eigenvalue weighted by Gasteiger charge is -2.32. The van der Waals surface area contributed by atoms with Gasteiger partial charge in [-0.05, 0) is 195 Å². The van der Waals surface area contributed by atoms with Crippen LogP contribution in [0.15, 0.2) is 237 Å². The number of hydrogen-bond acceptors (Lipinski definition) is 6. The van der Waals surface area contributed by atoms with Crippen LogP contribution in [0.25, 0.3) is 33.4 Å². The first-order valence-electron chi connectivity index (χ1n) is 24.0. The molecule has 10 aromatic rings. The highest BCUT2D eigenvalue weighted by Gasteiger charge is 2.34. The smallest absolute Gasteiger partial charge is 0.115 e. The minimum absolute atomic E-state index is 0.189. The molecule has 6 N–H and O–H groups in total. The Balaban J connectivity index is 1.09. The number of rotatable bonds is 12. The van der Waals surface area contributed by atoms with E-state index >= 15 is 0 Å². The maximum Gasteiger partial charge on any atom is 0.115 e. The highest BCUT2D eigenvalue weighted by molar-refractivity contribution is 5.82. The van der Waals surface area contributed by atoms with E-state index in [1.54, 1.807) is 72.8 Å². The Morgan fingerprint density at radius 2 is 0.306 bits per heavy atom. The van der Waals surface area contributed by atoms with Crippen molar-refractivity contribution in [1.29, 1.82) is 0 Å². The Hall–Kier alpha value is -9.00. The van der Waals surface area contributed by atoms with Crippen molar-refractivity contribution in [3.8, 4) is 67.9 Å². The summed E-state index contributed by atoms with van der Waals surface area (Å²) < 4.78 is 0. The van der Waals surface area contributed by atoms with Gasteiger partial charge in [0.05, 0.1) is 0 Å². The summed E-state index contributed by atoms with van der Waals surface area (Å²) in [7, 11) is 0. The molecule has 0 spiro atoms. The molecular formula is C66H54O6. The van der Waals surface area contributed by atoms with Gasteiger partial charge in [0, 0.05) is 16.2 Å². The van der Waals surface area contributed by atoms with Crippen molar-refractivity contribution in [1.82, 2.24) is 0 Å². The fraction of sp³-hybridized carbons (Fsp3) is 0.0909. The Kier molecular flexibility index (Phi) is 12.1. The number of benzene rings is 10. The van der Waals surface area contributed by atoms with E-state index in [4.69, 9.17) is 0 Å². The van der Waals surface area contributed by atoms with Gasteiger partial charge in [-0.25, -0.2) is 0 Å². The molecule has 0 amide bonds.